The van der Waals surface area contributed by atoms with Gasteiger partial charge >= 0.3 is 0 Å². The van der Waals surface area contributed by atoms with Gasteiger partial charge in [-0.25, -0.2) is 0 Å². The van der Waals surface area contributed by atoms with Crippen LogP contribution in [0.3, 0.4) is 0 Å². The maximum atomic E-state index is 5.68. The van der Waals surface area contributed by atoms with E-state index in [-0.39, 0.29) is 5.54 Å². The summed E-state index contributed by atoms with van der Waals surface area (Å²) in [6.45, 7) is 14.0. The number of H-pyrrole nitrogens is 1. The Morgan fingerprint density at radius 3 is 2.48 bits per heavy atom. The number of rotatable bonds is 5. The van der Waals surface area contributed by atoms with Crippen LogP contribution in [0.1, 0.15) is 52.4 Å². The van der Waals surface area contributed by atoms with Crippen LogP contribution in [0.4, 0.5) is 0 Å². The fourth-order valence-corrected chi connectivity index (χ4v) is 2.95. The van der Waals surface area contributed by atoms with Crippen molar-refractivity contribution in [3.05, 3.63) is 29.7 Å². The van der Waals surface area contributed by atoms with Crippen molar-refractivity contribution in [2.75, 3.05) is 0 Å². The molecule has 0 fully saturated rings. The highest BCUT2D eigenvalue weighted by Gasteiger charge is 2.25. The zero-order chi connectivity index (χ0) is 15.7. The van der Waals surface area contributed by atoms with Crippen LogP contribution in [0, 0.1) is 12.3 Å². The SMILES string of the molecule is Cc1ccc(-c2[nH]ncc2CNC(C)(C)CC(C)(C)C)o1. The van der Waals surface area contributed by atoms with Crippen LogP contribution in [0.2, 0.25) is 0 Å². The van der Waals surface area contributed by atoms with E-state index < -0.39 is 0 Å². The number of furan rings is 1. The summed E-state index contributed by atoms with van der Waals surface area (Å²) in [4.78, 5) is 0. The molecular formula is C17H27N3O. The minimum Gasteiger partial charge on any atom is -0.460 e. The minimum absolute atomic E-state index is 0.0753. The number of hydrogen-bond acceptors (Lipinski definition) is 3. The van der Waals surface area contributed by atoms with Crippen molar-refractivity contribution in [2.45, 2.75) is 60.0 Å². The number of aromatic nitrogens is 2. The zero-order valence-electron chi connectivity index (χ0n) is 14.0. The van der Waals surface area contributed by atoms with E-state index in [1.165, 1.54) is 0 Å². The van der Waals surface area contributed by atoms with Crippen LogP contribution in [0.5, 0.6) is 0 Å². The average molecular weight is 289 g/mol. The lowest BCUT2D eigenvalue weighted by molar-refractivity contribution is 0.241. The minimum atomic E-state index is 0.0753. The van der Waals surface area contributed by atoms with E-state index in [4.69, 9.17) is 4.42 Å². The Hall–Kier alpha value is -1.55. The fourth-order valence-electron chi connectivity index (χ4n) is 2.95. The molecule has 4 nitrogen and oxygen atoms in total. The first-order valence-corrected chi connectivity index (χ1v) is 7.50. The summed E-state index contributed by atoms with van der Waals surface area (Å²) in [5, 5.41) is 10.8. The molecule has 4 heteroatoms. The summed E-state index contributed by atoms with van der Waals surface area (Å²) in [7, 11) is 0. The first-order chi connectivity index (χ1) is 9.66. The van der Waals surface area contributed by atoms with Gasteiger partial charge in [-0.2, -0.15) is 5.10 Å². The summed E-state index contributed by atoms with van der Waals surface area (Å²) in [6, 6.07) is 3.95. The molecular weight excluding hydrogens is 262 g/mol. The largest absolute Gasteiger partial charge is 0.460 e. The maximum Gasteiger partial charge on any atom is 0.152 e. The summed E-state index contributed by atoms with van der Waals surface area (Å²) in [6.07, 6.45) is 2.97. The molecule has 0 aromatic carbocycles. The highest BCUT2D eigenvalue weighted by Crippen LogP contribution is 2.28. The molecule has 0 radical (unpaired) electrons. The smallest absolute Gasteiger partial charge is 0.152 e. The number of hydrogen-bond donors (Lipinski definition) is 2. The predicted molar refractivity (Wildman–Crippen MR) is 86.0 cm³/mol. The van der Waals surface area contributed by atoms with Gasteiger partial charge in [0.2, 0.25) is 0 Å². The highest BCUT2D eigenvalue weighted by molar-refractivity contribution is 5.56. The van der Waals surface area contributed by atoms with Crippen molar-refractivity contribution >= 4 is 0 Å². The molecule has 2 aromatic heterocycles. The van der Waals surface area contributed by atoms with Crippen molar-refractivity contribution in [3.8, 4) is 11.5 Å². The lowest BCUT2D eigenvalue weighted by atomic mass is 9.82. The lowest BCUT2D eigenvalue weighted by Crippen LogP contribution is -2.41. The molecule has 116 valence electrons. The molecule has 0 spiro atoms. The second kappa shape index (κ2) is 5.68. The number of aryl methyl sites for hydroxylation is 1. The molecule has 0 aliphatic carbocycles. The van der Waals surface area contributed by atoms with Gasteiger partial charge in [0.15, 0.2) is 5.76 Å². The van der Waals surface area contributed by atoms with Crippen molar-refractivity contribution in [1.29, 1.82) is 0 Å². The molecule has 0 saturated heterocycles. The number of nitrogens with zero attached hydrogens (tertiary/aromatic N) is 1. The zero-order valence-corrected chi connectivity index (χ0v) is 14.0. The predicted octanol–water partition coefficient (Wildman–Crippen LogP) is 4.28. The van der Waals surface area contributed by atoms with Gasteiger partial charge in [-0.3, -0.25) is 5.10 Å². The molecule has 0 bridgehead atoms. The Bertz CT molecular complexity index is 587. The van der Waals surface area contributed by atoms with E-state index in [2.05, 4.69) is 50.1 Å². The van der Waals surface area contributed by atoms with E-state index in [9.17, 15) is 0 Å². The Morgan fingerprint density at radius 1 is 1.19 bits per heavy atom. The van der Waals surface area contributed by atoms with Gasteiger partial charge in [0, 0.05) is 17.6 Å². The Morgan fingerprint density at radius 2 is 1.90 bits per heavy atom. The summed E-state index contributed by atoms with van der Waals surface area (Å²) in [5.41, 5.74) is 2.47. The van der Waals surface area contributed by atoms with Crippen molar-refractivity contribution in [1.82, 2.24) is 15.5 Å². The van der Waals surface area contributed by atoms with Crippen molar-refractivity contribution in [2.24, 2.45) is 5.41 Å². The third-order valence-corrected chi connectivity index (χ3v) is 3.43. The first-order valence-electron chi connectivity index (χ1n) is 7.50. The Labute approximate surface area is 127 Å². The molecule has 2 heterocycles. The van der Waals surface area contributed by atoms with E-state index in [0.29, 0.717) is 5.41 Å². The van der Waals surface area contributed by atoms with Crippen LogP contribution in [0.25, 0.3) is 11.5 Å². The van der Waals surface area contributed by atoms with Gasteiger partial charge in [0.05, 0.1) is 6.20 Å². The average Bonchev–Trinajstić information content (AvgIpc) is 2.91. The molecule has 2 N–H and O–H groups in total. The number of nitrogens with one attached hydrogen (secondary N) is 2. The highest BCUT2D eigenvalue weighted by atomic mass is 16.3. The van der Waals surface area contributed by atoms with Crippen LogP contribution < -0.4 is 5.32 Å². The Kier molecular flexibility index (Phi) is 4.28. The van der Waals surface area contributed by atoms with Crippen LogP contribution >= 0.6 is 0 Å². The fraction of sp³-hybridized carbons (Fsp3) is 0.588. The molecule has 0 saturated carbocycles. The number of aromatic amines is 1. The van der Waals surface area contributed by atoms with Crippen LogP contribution in [0.15, 0.2) is 22.7 Å². The first kappa shape index (κ1) is 15.8. The van der Waals surface area contributed by atoms with Crippen LogP contribution in [-0.2, 0) is 6.54 Å². The standard InChI is InChI=1S/C17H27N3O/c1-12-7-8-14(21-12)15-13(10-19-20-15)9-18-17(5,6)11-16(2,3)4/h7-8,10,18H,9,11H2,1-6H3,(H,19,20). The van der Waals surface area contributed by atoms with E-state index in [1.807, 2.05) is 25.3 Å². The van der Waals surface area contributed by atoms with E-state index in [0.717, 1.165) is 35.7 Å². The van der Waals surface area contributed by atoms with Crippen LogP contribution in [-0.4, -0.2) is 15.7 Å². The molecule has 2 rings (SSSR count). The van der Waals surface area contributed by atoms with Gasteiger partial charge in [-0.05, 0) is 44.7 Å². The maximum absolute atomic E-state index is 5.68. The summed E-state index contributed by atoms with van der Waals surface area (Å²) < 4.78 is 5.68. The van der Waals surface area contributed by atoms with Gasteiger partial charge in [-0.15, -0.1) is 0 Å². The molecule has 0 atom stereocenters. The van der Waals surface area contributed by atoms with Gasteiger partial charge in [-0.1, -0.05) is 20.8 Å². The Balaban J connectivity index is 2.06. The third kappa shape index (κ3) is 4.46. The van der Waals surface area contributed by atoms with E-state index >= 15 is 0 Å². The molecule has 0 aliphatic rings. The lowest BCUT2D eigenvalue weighted by Gasteiger charge is -2.33. The topological polar surface area (TPSA) is 53.9 Å². The molecule has 0 amide bonds. The monoisotopic (exact) mass is 289 g/mol. The quantitative estimate of drug-likeness (QED) is 0.863. The molecule has 2 aromatic rings. The third-order valence-electron chi connectivity index (χ3n) is 3.43. The van der Waals surface area contributed by atoms with Gasteiger partial charge < -0.3 is 9.73 Å². The van der Waals surface area contributed by atoms with Gasteiger partial charge in [0.25, 0.3) is 0 Å². The normalized spacial score (nSPS) is 12.9. The van der Waals surface area contributed by atoms with Crippen molar-refractivity contribution < 1.29 is 4.42 Å². The molecule has 0 aliphatic heterocycles. The molecule has 0 unspecified atom stereocenters. The summed E-state index contributed by atoms with van der Waals surface area (Å²) >= 11 is 0. The molecule has 21 heavy (non-hydrogen) atoms. The van der Waals surface area contributed by atoms with Gasteiger partial charge in [0.1, 0.15) is 11.5 Å². The second-order valence-electron chi connectivity index (χ2n) is 7.66. The van der Waals surface area contributed by atoms with Crippen molar-refractivity contribution in [3.63, 3.8) is 0 Å². The second-order valence-corrected chi connectivity index (χ2v) is 7.66. The summed E-state index contributed by atoms with van der Waals surface area (Å²) in [5.74, 6) is 1.75. The van der Waals surface area contributed by atoms with E-state index in [1.54, 1.807) is 0 Å².